The van der Waals surface area contributed by atoms with Gasteiger partial charge in [0.25, 0.3) is 0 Å². The second-order valence-electron chi connectivity index (χ2n) is 8.53. The van der Waals surface area contributed by atoms with Crippen LogP contribution in [0.2, 0.25) is 5.28 Å². The van der Waals surface area contributed by atoms with Crippen molar-refractivity contribution < 1.29 is 13.2 Å². The van der Waals surface area contributed by atoms with Crippen LogP contribution in [0, 0.1) is 6.92 Å². The van der Waals surface area contributed by atoms with Crippen LogP contribution in [-0.4, -0.2) is 24.1 Å². The van der Waals surface area contributed by atoms with Gasteiger partial charge in [-0.05, 0) is 44.0 Å². The highest BCUT2D eigenvalue weighted by molar-refractivity contribution is 6.28. The van der Waals surface area contributed by atoms with Gasteiger partial charge in [0.05, 0.1) is 11.2 Å². The van der Waals surface area contributed by atoms with Crippen LogP contribution in [0.1, 0.15) is 36.8 Å². The molecule has 0 amide bonds. The summed E-state index contributed by atoms with van der Waals surface area (Å²) in [5.74, 6) is 0.292. The summed E-state index contributed by atoms with van der Waals surface area (Å²) in [6.45, 7) is 6.09. The number of fused-ring (bicyclic) bond motifs is 3. The molecule has 174 valence electrons. The first-order valence-corrected chi connectivity index (χ1v) is 11.2. The summed E-state index contributed by atoms with van der Waals surface area (Å²) < 4.78 is 43.4. The zero-order valence-corrected chi connectivity index (χ0v) is 19.5. The minimum atomic E-state index is -4.49. The molecule has 0 aliphatic heterocycles. The molecule has 0 N–H and O–H groups in total. The second-order valence-corrected chi connectivity index (χ2v) is 8.86. The molecule has 3 heterocycles. The zero-order chi connectivity index (χ0) is 24.2. The monoisotopic (exact) mass is 483 g/mol. The maximum atomic E-state index is 13.2. The molecule has 5 rings (SSSR count). The molecule has 34 heavy (non-hydrogen) atoms. The number of para-hydroxylation sites is 1. The molecule has 0 spiro atoms. The number of hydrogen-bond acceptors (Lipinski definition) is 3. The number of aromatic nitrogens is 5. The maximum Gasteiger partial charge on any atom is 0.434 e. The Morgan fingerprint density at radius 2 is 1.68 bits per heavy atom. The van der Waals surface area contributed by atoms with Gasteiger partial charge in [0.15, 0.2) is 5.69 Å². The molecule has 0 aliphatic carbocycles. The van der Waals surface area contributed by atoms with Gasteiger partial charge in [0, 0.05) is 35.1 Å². The molecule has 0 aliphatic rings. The second kappa shape index (κ2) is 8.13. The van der Waals surface area contributed by atoms with Crippen LogP contribution in [-0.2, 0) is 12.7 Å². The first kappa shape index (κ1) is 22.4. The molecule has 0 saturated heterocycles. The number of hydrogen-bond donors (Lipinski definition) is 0. The van der Waals surface area contributed by atoms with Crippen molar-refractivity contribution in [2.24, 2.45) is 0 Å². The molecule has 0 saturated carbocycles. The highest BCUT2D eigenvalue weighted by Crippen LogP contribution is 2.34. The fourth-order valence-electron chi connectivity index (χ4n) is 4.31. The number of alkyl halides is 3. The van der Waals surface area contributed by atoms with Gasteiger partial charge in [-0.15, -0.1) is 0 Å². The normalized spacial score (nSPS) is 12.4. The molecule has 0 bridgehead atoms. The van der Waals surface area contributed by atoms with Gasteiger partial charge in [0.2, 0.25) is 5.28 Å². The van der Waals surface area contributed by atoms with Crippen LogP contribution < -0.4 is 0 Å². The lowest BCUT2D eigenvalue weighted by molar-refractivity contribution is -0.140. The predicted octanol–water partition coefficient (Wildman–Crippen LogP) is 7.06. The van der Waals surface area contributed by atoms with Crippen LogP contribution in [0.15, 0.2) is 54.7 Å². The first-order valence-electron chi connectivity index (χ1n) is 10.8. The van der Waals surface area contributed by atoms with Gasteiger partial charge in [0.1, 0.15) is 11.5 Å². The fraction of sp³-hybridized carbons (Fsp3) is 0.240. The minimum Gasteiger partial charge on any atom is -0.328 e. The Morgan fingerprint density at radius 3 is 2.35 bits per heavy atom. The molecular formula is C25H21ClF3N5. The van der Waals surface area contributed by atoms with Crippen LogP contribution >= 0.6 is 11.6 Å². The third kappa shape index (κ3) is 3.81. The Hall–Kier alpha value is -3.39. The Labute approximate surface area is 198 Å². The van der Waals surface area contributed by atoms with Crippen molar-refractivity contribution in [1.29, 1.82) is 0 Å². The third-order valence-corrected chi connectivity index (χ3v) is 6.06. The van der Waals surface area contributed by atoms with E-state index < -0.39 is 11.9 Å². The molecule has 3 aromatic heterocycles. The Morgan fingerprint density at radius 1 is 0.971 bits per heavy atom. The smallest absolute Gasteiger partial charge is 0.328 e. The van der Waals surface area contributed by atoms with Gasteiger partial charge >= 0.3 is 6.18 Å². The van der Waals surface area contributed by atoms with E-state index in [2.05, 4.69) is 19.5 Å². The summed E-state index contributed by atoms with van der Waals surface area (Å²) in [6, 6.07) is 15.2. The lowest BCUT2D eigenvalue weighted by atomic mass is 10.1. The summed E-state index contributed by atoms with van der Waals surface area (Å²) in [4.78, 5) is 12.7. The van der Waals surface area contributed by atoms with E-state index in [4.69, 9.17) is 11.6 Å². The van der Waals surface area contributed by atoms with Crippen molar-refractivity contribution in [2.75, 3.05) is 0 Å². The van der Waals surface area contributed by atoms with Gasteiger partial charge in [-0.2, -0.15) is 18.2 Å². The SMILES string of the molecule is Cc1nc(Cl)nc2c1c1ccccc1n2Cc1ccc(-c2nc(C(F)(F)F)cn2C(C)C)cc1. The maximum absolute atomic E-state index is 13.2. The zero-order valence-electron chi connectivity index (χ0n) is 18.7. The van der Waals surface area contributed by atoms with Crippen molar-refractivity contribution in [3.63, 3.8) is 0 Å². The molecular weight excluding hydrogens is 463 g/mol. The number of rotatable bonds is 4. The summed E-state index contributed by atoms with van der Waals surface area (Å²) in [6.07, 6.45) is -3.43. The number of halogens is 4. The Balaban J connectivity index is 1.56. The van der Waals surface area contributed by atoms with E-state index in [1.807, 2.05) is 57.2 Å². The quantitative estimate of drug-likeness (QED) is 0.257. The topological polar surface area (TPSA) is 48.5 Å². The van der Waals surface area contributed by atoms with Crippen LogP contribution in [0.5, 0.6) is 0 Å². The molecule has 0 radical (unpaired) electrons. The molecule has 0 atom stereocenters. The van der Waals surface area contributed by atoms with Crippen molar-refractivity contribution in [2.45, 2.75) is 39.5 Å². The van der Waals surface area contributed by atoms with Crippen LogP contribution in [0.3, 0.4) is 0 Å². The summed E-state index contributed by atoms with van der Waals surface area (Å²) >= 11 is 6.16. The standard InChI is InChI=1S/C25H21ClF3N5/c1-14(2)33-13-20(25(27,28)29)31-22(33)17-10-8-16(9-11-17)12-34-19-7-5-4-6-18(19)21-15(3)30-24(26)32-23(21)34/h4-11,13-14H,12H2,1-3H3. The number of nitrogens with zero attached hydrogens (tertiary/aromatic N) is 5. The van der Waals surface area contributed by atoms with Crippen molar-refractivity contribution in [1.82, 2.24) is 24.1 Å². The lowest BCUT2D eigenvalue weighted by Crippen LogP contribution is -2.05. The van der Waals surface area contributed by atoms with E-state index >= 15 is 0 Å². The van der Waals surface area contributed by atoms with Gasteiger partial charge < -0.3 is 9.13 Å². The van der Waals surface area contributed by atoms with Crippen molar-refractivity contribution >= 4 is 33.5 Å². The molecule has 9 heteroatoms. The lowest BCUT2D eigenvalue weighted by Gasteiger charge is -2.12. The predicted molar refractivity (Wildman–Crippen MR) is 127 cm³/mol. The molecule has 0 unspecified atom stereocenters. The summed E-state index contributed by atoms with van der Waals surface area (Å²) in [5, 5.41) is 2.18. The average molecular weight is 484 g/mol. The first-order chi connectivity index (χ1) is 16.1. The van der Waals surface area contributed by atoms with Gasteiger partial charge in [-0.1, -0.05) is 42.5 Å². The summed E-state index contributed by atoms with van der Waals surface area (Å²) in [7, 11) is 0. The van der Waals surface area contributed by atoms with E-state index in [9.17, 15) is 13.2 Å². The van der Waals surface area contributed by atoms with Gasteiger partial charge in [-0.3, -0.25) is 0 Å². The molecule has 2 aromatic carbocycles. The number of imidazole rings is 1. The van der Waals surface area contributed by atoms with E-state index in [1.54, 1.807) is 16.7 Å². The van der Waals surface area contributed by atoms with E-state index in [0.717, 1.165) is 39.4 Å². The highest BCUT2D eigenvalue weighted by atomic mass is 35.5. The van der Waals surface area contributed by atoms with E-state index in [1.165, 1.54) is 0 Å². The molecule has 5 aromatic rings. The highest BCUT2D eigenvalue weighted by Gasteiger charge is 2.35. The van der Waals surface area contributed by atoms with Crippen LogP contribution in [0.25, 0.3) is 33.3 Å². The largest absolute Gasteiger partial charge is 0.434 e. The van der Waals surface area contributed by atoms with Crippen LogP contribution in [0.4, 0.5) is 13.2 Å². The minimum absolute atomic E-state index is 0.163. The Kier molecular flexibility index (Phi) is 5.36. The van der Waals surface area contributed by atoms with Gasteiger partial charge in [-0.25, -0.2) is 9.97 Å². The average Bonchev–Trinajstić information content (AvgIpc) is 3.36. The van der Waals surface area contributed by atoms with E-state index in [0.29, 0.717) is 17.9 Å². The van der Waals surface area contributed by atoms with Crippen molar-refractivity contribution in [3.05, 3.63) is 77.0 Å². The third-order valence-electron chi connectivity index (χ3n) is 5.90. The molecule has 5 nitrogen and oxygen atoms in total. The Bertz CT molecular complexity index is 1510. The summed E-state index contributed by atoms with van der Waals surface area (Å²) in [5.41, 5.74) is 3.26. The van der Waals surface area contributed by atoms with Crippen molar-refractivity contribution in [3.8, 4) is 11.4 Å². The van der Waals surface area contributed by atoms with E-state index in [-0.39, 0.29) is 11.3 Å². The molecule has 0 fully saturated rings. The number of aryl methyl sites for hydroxylation is 1. The fourth-order valence-corrected chi connectivity index (χ4v) is 4.52. The number of benzene rings is 2.